The fourth-order valence-corrected chi connectivity index (χ4v) is 2.98. The first-order chi connectivity index (χ1) is 13.0. The van der Waals surface area contributed by atoms with Gasteiger partial charge in [-0.2, -0.15) is 0 Å². The monoisotopic (exact) mass is 373 g/mol. The number of hydrogen-bond donors (Lipinski definition) is 2. The van der Waals surface area contributed by atoms with Gasteiger partial charge in [-0.1, -0.05) is 32.0 Å². The Morgan fingerprint density at radius 1 is 1.11 bits per heavy atom. The first-order valence-corrected chi connectivity index (χ1v) is 10.1. The fraction of sp³-hybridized carbons (Fsp3) is 0.619. The minimum atomic E-state index is 0.194. The van der Waals surface area contributed by atoms with Gasteiger partial charge in [0.25, 0.3) is 0 Å². The summed E-state index contributed by atoms with van der Waals surface area (Å²) in [4.78, 5) is 21.4. The molecule has 1 fully saturated rings. The van der Waals surface area contributed by atoms with Gasteiger partial charge in [0.15, 0.2) is 5.96 Å². The maximum atomic E-state index is 12.5. The molecular weight excluding hydrogens is 338 g/mol. The van der Waals surface area contributed by atoms with E-state index < -0.39 is 0 Å². The number of hydrogen-bond acceptors (Lipinski definition) is 3. The Bertz CT molecular complexity index is 594. The smallest absolute Gasteiger partial charge is 0.224 e. The number of carbonyl (C=O) groups excluding carboxylic acids is 1. The lowest BCUT2D eigenvalue weighted by atomic mass is 10.1. The van der Waals surface area contributed by atoms with Gasteiger partial charge in [0, 0.05) is 50.9 Å². The van der Waals surface area contributed by atoms with Crippen molar-refractivity contribution in [1.82, 2.24) is 15.5 Å². The summed E-state index contributed by atoms with van der Waals surface area (Å²) >= 11 is 0. The number of para-hydroxylation sites is 1. The zero-order valence-corrected chi connectivity index (χ0v) is 17.2. The highest BCUT2D eigenvalue weighted by atomic mass is 16.2. The largest absolute Gasteiger partial charge is 0.368 e. The number of carbonyl (C=O) groups is 1. The molecule has 1 aliphatic rings. The average molecular weight is 374 g/mol. The third kappa shape index (κ3) is 6.77. The Kier molecular flexibility index (Phi) is 8.43. The lowest BCUT2D eigenvalue weighted by molar-refractivity contribution is -0.131. The molecule has 1 unspecified atom stereocenters. The van der Waals surface area contributed by atoms with Crippen molar-refractivity contribution in [2.24, 2.45) is 10.9 Å². The van der Waals surface area contributed by atoms with Crippen molar-refractivity contribution >= 4 is 17.6 Å². The summed E-state index contributed by atoms with van der Waals surface area (Å²) in [6.45, 7) is 13.2. The predicted octanol–water partition coefficient (Wildman–Crippen LogP) is 2.32. The molecule has 6 heteroatoms. The normalized spacial score (nSPS) is 16.4. The first-order valence-electron chi connectivity index (χ1n) is 10.1. The number of guanidine groups is 1. The predicted molar refractivity (Wildman–Crippen MR) is 113 cm³/mol. The summed E-state index contributed by atoms with van der Waals surface area (Å²) < 4.78 is 0. The number of piperazine rings is 1. The zero-order valence-electron chi connectivity index (χ0n) is 17.2. The van der Waals surface area contributed by atoms with Crippen LogP contribution in [0.15, 0.2) is 35.3 Å². The van der Waals surface area contributed by atoms with E-state index in [9.17, 15) is 4.79 Å². The molecule has 1 aliphatic heterocycles. The number of rotatable bonds is 7. The van der Waals surface area contributed by atoms with Gasteiger partial charge < -0.3 is 20.4 Å². The maximum Gasteiger partial charge on any atom is 0.224 e. The van der Waals surface area contributed by atoms with Crippen LogP contribution in [0.25, 0.3) is 0 Å². The molecule has 1 amide bonds. The van der Waals surface area contributed by atoms with E-state index in [2.05, 4.69) is 72.5 Å². The number of amides is 1. The molecule has 2 N–H and O–H groups in total. The van der Waals surface area contributed by atoms with E-state index in [1.807, 2.05) is 11.0 Å². The number of aliphatic imine (C=N–C) groups is 1. The van der Waals surface area contributed by atoms with Gasteiger partial charge in [-0.25, -0.2) is 0 Å². The first kappa shape index (κ1) is 21.1. The van der Waals surface area contributed by atoms with Crippen molar-refractivity contribution in [1.29, 1.82) is 0 Å². The van der Waals surface area contributed by atoms with Crippen molar-refractivity contribution in [3.63, 3.8) is 0 Å². The lowest BCUT2D eigenvalue weighted by Crippen LogP contribution is -2.49. The van der Waals surface area contributed by atoms with Crippen LogP contribution in [0.5, 0.6) is 0 Å². The molecule has 0 radical (unpaired) electrons. The Labute approximate surface area is 164 Å². The third-order valence-electron chi connectivity index (χ3n) is 5.06. The van der Waals surface area contributed by atoms with Crippen LogP contribution in [-0.2, 0) is 4.79 Å². The van der Waals surface area contributed by atoms with E-state index in [0.717, 1.165) is 38.7 Å². The maximum absolute atomic E-state index is 12.5. The minimum Gasteiger partial charge on any atom is -0.368 e. The van der Waals surface area contributed by atoms with Gasteiger partial charge in [0.2, 0.25) is 5.91 Å². The summed E-state index contributed by atoms with van der Waals surface area (Å²) in [5.74, 6) is 1.51. The molecule has 0 spiro atoms. The van der Waals surface area contributed by atoms with E-state index in [1.54, 1.807) is 0 Å². The minimum absolute atomic E-state index is 0.194. The van der Waals surface area contributed by atoms with Gasteiger partial charge in [-0.05, 0) is 31.9 Å². The summed E-state index contributed by atoms with van der Waals surface area (Å²) in [6, 6.07) is 10.7. The third-order valence-corrected chi connectivity index (χ3v) is 5.06. The molecule has 0 bridgehead atoms. The van der Waals surface area contributed by atoms with Gasteiger partial charge in [0.05, 0.1) is 6.54 Å². The van der Waals surface area contributed by atoms with Crippen molar-refractivity contribution in [3.05, 3.63) is 30.3 Å². The SMILES string of the molecule is CCNC(=NCCC(=O)N1CCN(c2ccccc2)CC1)NC(C)C(C)C. The number of anilines is 1. The van der Waals surface area contributed by atoms with Gasteiger partial charge >= 0.3 is 0 Å². The number of nitrogens with zero attached hydrogens (tertiary/aromatic N) is 3. The van der Waals surface area contributed by atoms with Crippen LogP contribution in [0.3, 0.4) is 0 Å². The van der Waals surface area contributed by atoms with E-state index in [0.29, 0.717) is 24.9 Å². The quantitative estimate of drug-likeness (QED) is 0.569. The molecule has 0 aromatic heterocycles. The molecule has 150 valence electrons. The van der Waals surface area contributed by atoms with Crippen molar-refractivity contribution in [2.75, 3.05) is 44.2 Å². The standard InChI is InChI=1S/C21H35N5O/c1-5-22-21(24-18(4)17(2)3)23-12-11-20(27)26-15-13-25(14-16-26)19-9-7-6-8-10-19/h6-10,17-18H,5,11-16H2,1-4H3,(H2,22,23,24). The van der Waals surface area contributed by atoms with Crippen molar-refractivity contribution < 1.29 is 4.79 Å². The molecule has 1 atom stereocenters. The molecule has 1 aromatic rings. The number of benzene rings is 1. The van der Waals surface area contributed by atoms with Crippen LogP contribution >= 0.6 is 0 Å². The molecule has 0 aliphatic carbocycles. The molecular formula is C21H35N5O. The zero-order chi connectivity index (χ0) is 19.6. The lowest BCUT2D eigenvalue weighted by Gasteiger charge is -2.36. The highest BCUT2D eigenvalue weighted by molar-refractivity contribution is 5.81. The summed E-state index contributed by atoms with van der Waals surface area (Å²) in [5, 5.41) is 6.65. The Hall–Kier alpha value is -2.24. The van der Waals surface area contributed by atoms with Crippen LogP contribution in [0.1, 0.15) is 34.1 Å². The highest BCUT2D eigenvalue weighted by Crippen LogP contribution is 2.15. The average Bonchev–Trinajstić information content (AvgIpc) is 2.68. The summed E-state index contributed by atoms with van der Waals surface area (Å²) in [7, 11) is 0. The molecule has 6 nitrogen and oxygen atoms in total. The van der Waals surface area contributed by atoms with Crippen LogP contribution in [0.4, 0.5) is 5.69 Å². The second-order valence-electron chi connectivity index (χ2n) is 7.39. The van der Waals surface area contributed by atoms with E-state index in [1.165, 1.54) is 5.69 Å². The molecule has 27 heavy (non-hydrogen) atoms. The van der Waals surface area contributed by atoms with E-state index in [4.69, 9.17) is 0 Å². The number of nitrogens with one attached hydrogen (secondary N) is 2. The van der Waals surface area contributed by atoms with Gasteiger partial charge in [-0.15, -0.1) is 0 Å². The molecule has 1 saturated heterocycles. The van der Waals surface area contributed by atoms with Crippen LogP contribution in [-0.4, -0.2) is 62.1 Å². The second kappa shape index (κ2) is 10.8. The van der Waals surface area contributed by atoms with Crippen molar-refractivity contribution in [3.8, 4) is 0 Å². The summed E-state index contributed by atoms with van der Waals surface area (Å²) in [6.07, 6.45) is 0.456. The van der Waals surface area contributed by atoms with Crippen LogP contribution < -0.4 is 15.5 Å². The fourth-order valence-electron chi connectivity index (χ4n) is 2.98. The van der Waals surface area contributed by atoms with Gasteiger partial charge in [0.1, 0.15) is 0 Å². The summed E-state index contributed by atoms with van der Waals surface area (Å²) in [5.41, 5.74) is 1.23. The topological polar surface area (TPSA) is 60.0 Å². The Balaban J connectivity index is 1.78. The van der Waals surface area contributed by atoms with E-state index >= 15 is 0 Å². The molecule has 1 heterocycles. The Morgan fingerprint density at radius 3 is 2.37 bits per heavy atom. The molecule has 2 rings (SSSR count). The second-order valence-corrected chi connectivity index (χ2v) is 7.39. The Morgan fingerprint density at radius 2 is 1.78 bits per heavy atom. The molecule has 1 aromatic carbocycles. The highest BCUT2D eigenvalue weighted by Gasteiger charge is 2.20. The van der Waals surface area contributed by atoms with Crippen molar-refractivity contribution in [2.45, 2.75) is 40.2 Å². The van der Waals surface area contributed by atoms with Crippen LogP contribution in [0, 0.1) is 5.92 Å². The molecule has 0 saturated carbocycles. The van der Waals surface area contributed by atoms with Gasteiger partial charge in [-0.3, -0.25) is 9.79 Å². The van der Waals surface area contributed by atoms with E-state index in [-0.39, 0.29) is 5.91 Å². The van der Waals surface area contributed by atoms with Crippen LogP contribution in [0.2, 0.25) is 0 Å².